The van der Waals surface area contributed by atoms with Crippen LogP contribution in [0.1, 0.15) is 22.4 Å². The van der Waals surface area contributed by atoms with Crippen LogP contribution >= 0.6 is 11.3 Å². The van der Waals surface area contributed by atoms with Gasteiger partial charge in [-0.3, -0.25) is 0 Å². The third-order valence-electron chi connectivity index (χ3n) is 6.40. The molecule has 1 N–H and O–H groups in total. The first-order valence-corrected chi connectivity index (χ1v) is 12.8. The van der Waals surface area contributed by atoms with Crippen molar-refractivity contribution in [2.24, 2.45) is 0 Å². The summed E-state index contributed by atoms with van der Waals surface area (Å²) < 4.78 is 7.45. The van der Waals surface area contributed by atoms with Crippen LogP contribution in [0.25, 0.3) is 33.9 Å². The zero-order valence-electron chi connectivity index (χ0n) is 19.9. The molecule has 5 aromatic rings. The highest BCUT2D eigenvalue weighted by atomic mass is 32.1. The van der Waals surface area contributed by atoms with Crippen molar-refractivity contribution >= 4 is 28.3 Å². The summed E-state index contributed by atoms with van der Waals surface area (Å²) in [6.07, 6.45) is 7.08. The molecule has 2 aromatic heterocycles. The van der Waals surface area contributed by atoms with Crippen LogP contribution in [0.3, 0.4) is 0 Å². The average molecular weight is 488 g/mol. The molecule has 6 rings (SSSR count). The largest absolute Gasteiger partial charge is 0.497 e. The molecule has 1 aliphatic rings. The molecule has 3 heterocycles. The van der Waals surface area contributed by atoms with Crippen LogP contribution in [0.2, 0.25) is 0 Å². The molecule has 1 aliphatic heterocycles. The Bertz CT molecular complexity index is 1530. The Labute approximate surface area is 214 Å². The van der Waals surface area contributed by atoms with Crippen molar-refractivity contribution in [1.29, 1.82) is 0 Å². The van der Waals surface area contributed by atoms with Gasteiger partial charge in [0.25, 0.3) is 0 Å². The van der Waals surface area contributed by atoms with Crippen molar-refractivity contribution in [2.75, 3.05) is 7.11 Å². The summed E-state index contributed by atoms with van der Waals surface area (Å²) >= 11 is 1.75. The lowest BCUT2D eigenvalue weighted by atomic mass is 9.93. The van der Waals surface area contributed by atoms with E-state index in [0.717, 1.165) is 46.1 Å². The van der Waals surface area contributed by atoms with Gasteiger partial charge in [0.1, 0.15) is 5.75 Å². The van der Waals surface area contributed by atoms with Crippen LogP contribution in [0.4, 0.5) is 0 Å². The van der Waals surface area contributed by atoms with E-state index in [1.807, 2.05) is 36.7 Å². The van der Waals surface area contributed by atoms with E-state index in [1.165, 1.54) is 16.0 Å². The molecule has 176 valence electrons. The van der Waals surface area contributed by atoms with Crippen molar-refractivity contribution in [3.05, 3.63) is 131 Å². The van der Waals surface area contributed by atoms with Gasteiger partial charge in [0, 0.05) is 23.1 Å². The summed E-state index contributed by atoms with van der Waals surface area (Å²) in [4.78, 5) is 5.84. The Morgan fingerprint density at radius 3 is 2.33 bits per heavy atom. The molecule has 36 heavy (non-hydrogen) atoms. The first-order valence-electron chi connectivity index (χ1n) is 11.9. The van der Waals surface area contributed by atoms with Crippen LogP contribution in [0.5, 0.6) is 5.75 Å². The molecule has 0 aliphatic carbocycles. The number of dihydropyridines is 1. The molecule has 0 radical (unpaired) electrons. The summed E-state index contributed by atoms with van der Waals surface area (Å²) in [6, 6.07) is 31.5. The zero-order valence-corrected chi connectivity index (χ0v) is 20.7. The summed E-state index contributed by atoms with van der Waals surface area (Å²) in [6.45, 7) is 0. The maximum Gasteiger partial charge on any atom is 0.118 e. The van der Waals surface area contributed by atoms with E-state index in [0.29, 0.717) is 0 Å². The van der Waals surface area contributed by atoms with Gasteiger partial charge in [-0.05, 0) is 71.0 Å². The summed E-state index contributed by atoms with van der Waals surface area (Å²) in [7, 11) is 1.70. The second-order valence-corrected chi connectivity index (χ2v) is 9.53. The minimum absolute atomic E-state index is 0.851. The molecule has 0 saturated carbocycles. The molecule has 0 saturated heterocycles. The van der Waals surface area contributed by atoms with Gasteiger partial charge in [0.15, 0.2) is 0 Å². The fourth-order valence-corrected chi connectivity index (χ4v) is 5.21. The maximum atomic E-state index is 5.38. The van der Waals surface area contributed by atoms with Gasteiger partial charge in [0.2, 0.25) is 0 Å². The molecule has 0 atom stereocenters. The van der Waals surface area contributed by atoms with Gasteiger partial charge >= 0.3 is 0 Å². The van der Waals surface area contributed by atoms with Gasteiger partial charge in [-0.25, -0.2) is 4.98 Å². The van der Waals surface area contributed by atoms with Gasteiger partial charge in [-0.15, -0.1) is 11.3 Å². The molecule has 5 heteroatoms. The summed E-state index contributed by atoms with van der Waals surface area (Å²) in [5.74, 6) is 0.852. The highest BCUT2D eigenvalue weighted by molar-refractivity contribution is 7.11. The van der Waals surface area contributed by atoms with E-state index in [-0.39, 0.29) is 0 Å². The number of hydrogen-bond acceptors (Lipinski definition) is 4. The number of aromatic nitrogens is 2. The third-order valence-corrected chi connectivity index (χ3v) is 7.31. The van der Waals surface area contributed by atoms with E-state index in [9.17, 15) is 0 Å². The second-order valence-electron chi connectivity index (χ2n) is 8.59. The topological polar surface area (TPSA) is 39.1 Å². The Kier molecular flexibility index (Phi) is 5.98. The third kappa shape index (κ3) is 4.37. The molecule has 0 fully saturated rings. The number of benzene rings is 3. The molecule has 0 unspecified atom stereocenters. The number of ether oxygens (including phenoxy) is 1. The predicted molar refractivity (Wildman–Crippen MR) is 149 cm³/mol. The fourth-order valence-electron chi connectivity index (χ4n) is 4.48. The monoisotopic (exact) mass is 487 g/mol. The molecule has 0 spiro atoms. The Morgan fingerprint density at radius 1 is 0.833 bits per heavy atom. The molecule has 0 bridgehead atoms. The van der Waals surface area contributed by atoms with Gasteiger partial charge < -0.3 is 14.6 Å². The zero-order chi connectivity index (χ0) is 24.3. The Morgan fingerprint density at radius 2 is 1.61 bits per heavy atom. The second kappa shape index (κ2) is 9.72. The first-order chi connectivity index (χ1) is 17.8. The summed E-state index contributed by atoms with van der Waals surface area (Å²) in [5, 5.41) is 5.83. The lowest BCUT2D eigenvalue weighted by molar-refractivity contribution is 0.415. The number of methoxy groups -OCH3 is 1. The van der Waals surface area contributed by atoms with Crippen molar-refractivity contribution in [1.82, 2.24) is 14.9 Å². The summed E-state index contributed by atoms with van der Waals surface area (Å²) in [5.41, 5.74) is 9.05. The number of hydrogen-bond donors (Lipinski definition) is 1. The molecule has 0 amide bonds. The predicted octanol–water partition coefficient (Wildman–Crippen LogP) is 7.51. The van der Waals surface area contributed by atoms with E-state index in [1.54, 1.807) is 18.4 Å². The molecular formula is C31H25N3OS. The smallest absolute Gasteiger partial charge is 0.118 e. The van der Waals surface area contributed by atoms with Gasteiger partial charge in [0.05, 0.1) is 29.7 Å². The number of nitrogens with zero attached hydrogens (tertiary/aromatic N) is 2. The van der Waals surface area contributed by atoms with E-state index >= 15 is 0 Å². The normalized spacial score (nSPS) is 13.3. The standard InChI is InChI=1S/C31H25N3OS/c1-35-26-15-11-24(12-16-26)31-27(17-18-28(33-31)30-8-5-19-36-30)22-9-13-25(14-10-22)34-20-29(32-21-34)23-6-3-2-4-7-23/h2-16,18-21,33H,17H2,1H3. The Balaban J connectivity index is 1.33. The van der Waals surface area contributed by atoms with Crippen molar-refractivity contribution in [3.8, 4) is 22.7 Å². The van der Waals surface area contributed by atoms with E-state index in [2.05, 4.69) is 93.2 Å². The number of thiophene rings is 1. The minimum atomic E-state index is 0.851. The fraction of sp³-hybridized carbons (Fsp3) is 0.0645. The quantitative estimate of drug-likeness (QED) is 0.269. The van der Waals surface area contributed by atoms with Crippen LogP contribution in [-0.4, -0.2) is 16.7 Å². The lowest BCUT2D eigenvalue weighted by Gasteiger charge is -2.24. The SMILES string of the molecule is COc1ccc(C2=C(c3ccc(-n4cnc(-c5ccccc5)c4)cc3)CC=C(c3cccs3)N2)cc1. The molecular weight excluding hydrogens is 462 g/mol. The first kappa shape index (κ1) is 22.1. The van der Waals surface area contributed by atoms with Gasteiger partial charge in [-0.1, -0.05) is 54.6 Å². The molecule has 4 nitrogen and oxygen atoms in total. The van der Waals surface area contributed by atoms with E-state index < -0.39 is 0 Å². The maximum absolute atomic E-state index is 5.38. The van der Waals surface area contributed by atoms with Crippen LogP contribution < -0.4 is 10.1 Å². The van der Waals surface area contributed by atoms with Crippen molar-refractivity contribution in [2.45, 2.75) is 6.42 Å². The lowest BCUT2D eigenvalue weighted by Crippen LogP contribution is -2.16. The molecule has 3 aromatic carbocycles. The minimum Gasteiger partial charge on any atom is -0.497 e. The Hall–Kier alpha value is -4.35. The number of rotatable bonds is 6. The van der Waals surface area contributed by atoms with Crippen LogP contribution in [0, 0.1) is 0 Å². The number of allylic oxidation sites excluding steroid dienone is 2. The van der Waals surface area contributed by atoms with Crippen molar-refractivity contribution in [3.63, 3.8) is 0 Å². The number of nitrogens with one attached hydrogen (secondary N) is 1. The highest BCUT2D eigenvalue weighted by Gasteiger charge is 2.19. The van der Waals surface area contributed by atoms with Crippen LogP contribution in [-0.2, 0) is 0 Å². The van der Waals surface area contributed by atoms with Gasteiger partial charge in [-0.2, -0.15) is 0 Å². The highest BCUT2D eigenvalue weighted by Crippen LogP contribution is 2.36. The van der Waals surface area contributed by atoms with Crippen molar-refractivity contribution < 1.29 is 4.74 Å². The van der Waals surface area contributed by atoms with E-state index in [4.69, 9.17) is 4.74 Å². The average Bonchev–Trinajstić information content (AvgIpc) is 3.67. The number of imidazole rings is 1. The van der Waals surface area contributed by atoms with Crippen LogP contribution in [0.15, 0.2) is 115 Å².